The lowest BCUT2D eigenvalue weighted by Crippen LogP contribution is -2.25. The van der Waals surface area contributed by atoms with E-state index in [2.05, 4.69) is 0 Å². The van der Waals surface area contributed by atoms with E-state index in [0.717, 1.165) is 0 Å². The van der Waals surface area contributed by atoms with Gasteiger partial charge in [0.2, 0.25) is 0 Å². The molecule has 56 valence electrons. The summed E-state index contributed by atoms with van der Waals surface area (Å²) in [6.07, 6.45) is 1.63. The second kappa shape index (κ2) is 2.44. The van der Waals surface area contributed by atoms with Crippen LogP contribution in [0.2, 0.25) is 0 Å². The van der Waals surface area contributed by atoms with Crippen molar-refractivity contribution in [2.45, 2.75) is 19.1 Å². The van der Waals surface area contributed by atoms with Gasteiger partial charge in [-0.25, -0.2) is 0 Å². The Morgan fingerprint density at radius 3 is 2.70 bits per heavy atom. The van der Waals surface area contributed by atoms with Crippen molar-refractivity contribution in [3.8, 4) is 0 Å². The molecule has 0 aliphatic rings. The van der Waals surface area contributed by atoms with Crippen LogP contribution in [0.15, 0.2) is 22.8 Å². The Labute approximate surface area is 58.9 Å². The van der Waals surface area contributed by atoms with Crippen molar-refractivity contribution in [1.82, 2.24) is 0 Å². The molecule has 10 heavy (non-hydrogen) atoms. The van der Waals surface area contributed by atoms with Gasteiger partial charge in [0.25, 0.3) is 0 Å². The highest BCUT2D eigenvalue weighted by molar-refractivity contribution is 4.99. The molecule has 0 amide bonds. The highest BCUT2D eigenvalue weighted by Gasteiger charge is 2.16. The first kappa shape index (κ1) is 7.31. The van der Waals surface area contributed by atoms with Crippen LogP contribution in [0.1, 0.15) is 12.7 Å². The summed E-state index contributed by atoms with van der Waals surface area (Å²) in [7, 11) is 0. The average molecular weight is 142 g/mol. The zero-order valence-corrected chi connectivity index (χ0v) is 5.74. The van der Waals surface area contributed by atoms with Gasteiger partial charge in [0, 0.05) is 0 Å². The van der Waals surface area contributed by atoms with E-state index >= 15 is 0 Å². The van der Waals surface area contributed by atoms with Crippen molar-refractivity contribution in [3.05, 3.63) is 24.2 Å². The third-order valence-electron chi connectivity index (χ3n) is 1.09. The Hall–Kier alpha value is -0.800. The Kier molecular flexibility index (Phi) is 1.78. The van der Waals surface area contributed by atoms with Gasteiger partial charge in [-0.15, -0.1) is 0 Å². The molecule has 0 fully saturated rings. The van der Waals surface area contributed by atoms with Crippen molar-refractivity contribution in [1.29, 1.82) is 0 Å². The molecule has 0 radical (unpaired) electrons. The second-order valence-corrected chi connectivity index (χ2v) is 2.47. The van der Waals surface area contributed by atoms with Crippen LogP contribution in [0.25, 0.3) is 0 Å². The average Bonchev–Trinajstić information content (AvgIpc) is 2.12. The molecule has 1 rings (SSSR count). The predicted octanol–water partition coefficient (Wildman–Crippen LogP) is 0.523. The van der Waals surface area contributed by atoms with Gasteiger partial charge in [-0.05, 0) is 19.1 Å². The smallest absolute Gasteiger partial charge is 0.166 e. The van der Waals surface area contributed by atoms with Crippen LogP contribution < -0.4 is 0 Å². The maximum atomic E-state index is 8.89. The van der Waals surface area contributed by atoms with Gasteiger partial charge in [0.1, 0.15) is 5.76 Å². The van der Waals surface area contributed by atoms with Crippen LogP contribution >= 0.6 is 0 Å². The first-order chi connectivity index (χ1) is 4.58. The SMILES string of the molecule is CC(O)(O)Cc1ccco1. The first-order valence-electron chi connectivity index (χ1n) is 3.05. The topological polar surface area (TPSA) is 53.6 Å². The predicted molar refractivity (Wildman–Crippen MR) is 35.3 cm³/mol. The van der Waals surface area contributed by atoms with Crippen molar-refractivity contribution < 1.29 is 14.6 Å². The van der Waals surface area contributed by atoms with Crippen LogP contribution in [-0.2, 0) is 6.42 Å². The van der Waals surface area contributed by atoms with E-state index in [-0.39, 0.29) is 6.42 Å². The molecular weight excluding hydrogens is 132 g/mol. The van der Waals surface area contributed by atoms with Crippen LogP contribution in [-0.4, -0.2) is 16.0 Å². The Balaban J connectivity index is 2.57. The number of aliphatic hydroxyl groups is 2. The quantitative estimate of drug-likeness (QED) is 0.592. The molecule has 0 bridgehead atoms. The second-order valence-electron chi connectivity index (χ2n) is 2.47. The van der Waals surface area contributed by atoms with Crippen LogP contribution in [0, 0.1) is 0 Å². The fraction of sp³-hybridized carbons (Fsp3) is 0.429. The molecule has 3 heteroatoms. The molecule has 1 aromatic heterocycles. The molecule has 0 aromatic carbocycles. The highest BCUT2D eigenvalue weighted by Crippen LogP contribution is 2.09. The fourth-order valence-corrected chi connectivity index (χ4v) is 0.743. The molecule has 0 spiro atoms. The van der Waals surface area contributed by atoms with Crippen LogP contribution in [0.5, 0.6) is 0 Å². The highest BCUT2D eigenvalue weighted by atomic mass is 16.5. The van der Waals surface area contributed by atoms with E-state index in [0.29, 0.717) is 5.76 Å². The van der Waals surface area contributed by atoms with Crippen molar-refractivity contribution in [3.63, 3.8) is 0 Å². The molecule has 0 aliphatic heterocycles. The summed E-state index contributed by atoms with van der Waals surface area (Å²) >= 11 is 0. The summed E-state index contributed by atoms with van der Waals surface area (Å²) in [6.45, 7) is 1.32. The van der Waals surface area contributed by atoms with E-state index in [1.165, 1.54) is 13.2 Å². The van der Waals surface area contributed by atoms with E-state index in [9.17, 15) is 0 Å². The standard InChI is InChI=1S/C7H10O3/c1-7(8,9)5-6-3-2-4-10-6/h2-4,8-9H,5H2,1H3. The van der Waals surface area contributed by atoms with Crippen molar-refractivity contribution in [2.24, 2.45) is 0 Å². The summed E-state index contributed by atoms with van der Waals surface area (Å²) in [5, 5.41) is 17.8. The van der Waals surface area contributed by atoms with Gasteiger partial charge in [-0.2, -0.15) is 0 Å². The molecule has 2 N–H and O–H groups in total. The molecule has 0 unspecified atom stereocenters. The summed E-state index contributed by atoms with van der Waals surface area (Å²) in [4.78, 5) is 0. The maximum absolute atomic E-state index is 8.89. The monoisotopic (exact) mass is 142 g/mol. The number of hydrogen-bond donors (Lipinski definition) is 2. The van der Waals surface area contributed by atoms with Gasteiger partial charge in [-0.3, -0.25) is 0 Å². The maximum Gasteiger partial charge on any atom is 0.166 e. The Morgan fingerprint density at radius 1 is 1.60 bits per heavy atom. The summed E-state index contributed by atoms with van der Waals surface area (Å²) in [5.74, 6) is -1.09. The number of furan rings is 1. The molecule has 0 saturated heterocycles. The van der Waals surface area contributed by atoms with Crippen LogP contribution in [0.4, 0.5) is 0 Å². The van der Waals surface area contributed by atoms with E-state index < -0.39 is 5.79 Å². The zero-order valence-electron chi connectivity index (χ0n) is 5.74. The molecular formula is C7H10O3. The Morgan fingerprint density at radius 2 is 2.30 bits per heavy atom. The van der Waals surface area contributed by atoms with E-state index in [1.54, 1.807) is 12.1 Å². The Bertz CT molecular complexity index is 183. The lowest BCUT2D eigenvalue weighted by molar-refractivity contribution is -0.145. The minimum absolute atomic E-state index is 0.125. The van der Waals surface area contributed by atoms with Crippen molar-refractivity contribution in [2.75, 3.05) is 0 Å². The lowest BCUT2D eigenvalue weighted by atomic mass is 10.2. The number of rotatable bonds is 2. The summed E-state index contributed by atoms with van der Waals surface area (Å²) < 4.78 is 4.89. The molecule has 3 nitrogen and oxygen atoms in total. The lowest BCUT2D eigenvalue weighted by Gasteiger charge is -2.12. The van der Waals surface area contributed by atoms with Crippen molar-refractivity contribution >= 4 is 0 Å². The fourth-order valence-electron chi connectivity index (χ4n) is 0.743. The normalized spacial score (nSPS) is 11.9. The largest absolute Gasteiger partial charge is 0.469 e. The van der Waals surface area contributed by atoms with Gasteiger partial charge in [0.15, 0.2) is 5.79 Å². The van der Waals surface area contributed by atoms with Gasteiger partial charge < -0.3 is 14.6 Å². The molecule has 0 atom stereocenters. The third kappa shape index (κ3) is 2.21. The molecule has 1 heterocycles. The molecule has 0 aliphatic carbocycles. The zero-order chi connectivity index (χ0) is 7.61. The van der Waals surface area contributed by atoms with Gasteiger partial charge in [-0.1, -0.05) is 0 Å². The minimum Gasteiger partial charge on any atom is -0.469 e. The molecule has 1 aromatic rings. The van der Waals surface area contributed by atoms with Gasteiger partial charge in [0.05, 0.1) is 12.7 Å². The summed E-state index contributed by atoms with van der Waals surface area (Å²) in [6, 6.07) is 3.41. The van der Waals surface area contributed by atoms with E-state index in [1.807, 2.05) is 0 Å². The third-order valence-corrected chi connectivity index (χ3v) is 1.09. The number of hydrogen-bond acceptors (Lipinski definition) is 3. The van der Waals surface area contributed by atoms with Gasteiger partial charge >= 0.3 is 0 Å². The molecule has 0 saturated carbocycles. The van der Waals surface area contributed by atoms with E-state index in [4.69, 9.17) is 14.6 Å². The van der Waals surface area contributed by atoms with Crippen LogP contribution in [0.3, 0.4) is 0 Å². The summed E-state index contributed by atoms with van der Waals surface area (Å²) in [5.41, 5.74) is 0. The minimum atomic E-state index is -1.67. The first-order valence-corrected chi connectivity index (χ1v) is 3.05.